The average molecular weight is 231 g/mol. The van der Waals surface area contributed by atoms with Gasteiger partial charge in [0.15, 0.2) is 0 Å². The van der Waals surface area contributed by atoms with Crippen molar-refractivity contribution < 1.29 is 5.11 Å². The second-order valence-electron chi connectivity index (χ2n) is 3.25. The van der Waals surface area contributed by atoms with Crippen LogP contribution < -0.4 is 0 Å². The predicted octanol–water partition coefficient (Wildman–Crippen LogP) is 3.72. The minimum Gasteiger partial charge on any atom is -0.392 e. The van der Waals surface area contributed by atoms with Crippen LogP contribution in [0.5, 0.6) is 0 Å². The fourth-order valence-electron chi connectivity index (χ4n) is 1.07. The highest BCUT2D eigenvalue weighted by Crippen LogP contribution is 2.30. The molecule has 0 aliphatic carbocycles. The Kier molecular flexibility index (Phi) is 4.79. The number of thioether (sulfide) groups is 1. The summed E-state index contributed by atoms with van der Waals surface area (Å²) in [6.07, 6.45) is 1.11. The highest BCUT2D eigenvalue weighted by atomic mass is 35.5. The lowest BCUT2D eigenvalue weighted by Crippen LogP contribution is -1.95. The molecule has 0 radical (unpaired) electrons. The average Bonchev–Trinajstić information content (AvgIpc) is 2.18. The van der Waals surface area contributed by atoms with Crippen molar-refractivity contribution in [1.29, 1.82) is 0 Å². The monoisotopic (exact) mass is 230 g/mol. The number of hydrogen-bond acceptors (Lipinski definition) is 2. The third-order valence-corrected chi connectivity index (χ3v) is 3.71. The van der Waals surface area contributed by atoms with Gasteiger partial charge in [-0.25, -0.2) is 0 Å². The molecule has 0 aliphatic heterocycles. The van der Waals surface area contributed by atoms with Crippen LogP contribution in [0.25, 0.3) is 0 Å². The molecule has 1 aromatic carbocycles. The summed E-state index contributed by atoms with van der Waals surface area (Å²) >= 11 is 7.67. The van der Waals surface area contributed by atoms with E-state index in [1.165, 1.54) is 0 Å². The Morgan fingerprint density at radius 2 is 2.21 bits per heavy atom. The van der Waals surface area contributed by atoms with Crippen molar-refractivity contribution in [2.75, 3.05) is 0 Å². The molecule has 78 valence electrons. The smallest absolute Gasteiger partial charge is 0.0692 e. The summed E-state index contributed by atoms with van der Waals surface area (Å²) in [5.41, 5.74) is 0.958. The van der Waals surface area contributed by atoms with Gasteiger partial charge in [-0.15, -0.1) is 11.8 Å². The molecule has 0 heterocycles. The maximum Gasteiger partial charge on any atom is 0.0692 e. The van der Waals surface area contributed by atoms with Gasteiger partial charge >= 0.3 is 0 Å². The Hall–Kier alpha value is -0.180. The zero-order valence-corrected chi connectivity index (χ0v) is 10.0. The molecule has 0 fully saturated rings. The lowest BCUT2D eigenvalue weighted by molar-refractivity contribution is 0.279. The van der Waals surface area contributed by atoms with E-state index in [-0.39, 0.29) is 6.61 Å². The van der Waals surface area contributed by atoms with Gasteiger partial charge in [0, 0.05) is 15.2 Å². The van der Waals surface area contributed by atoms with E-state index in [2.05, 4.69) is 13.8 Å². The summed E-state index contributed by atoms with van der Waals surface area (Å²) in [4.78, 5) is 1.09. The first kappa shape index (κ1) is 11.9. The van der Waals surface area contributed by atoms with Crippen LogP contribution in [0.2, 0.25) is 5.02 Å². The molecule has 1 atom stereocenters. The van der Waals surface area contributed by atoms with E-state index < -0.39 is 0 Å². The third kappa shape index (κ3) is 3.19. The minimum atomic E-state index is 0.0793. The van der Waals surface area contributed by atoms with Crippen LogP contribution in [0.1, 0.15) is 25.8 Å². The molecular formula is C11H15ClOS. The van der Waals surface area contributed by atoms with Crippen LogP contribution >= 0.6 is 23.4 Å². The van der Waals surface area contributed by atoms with Gasteiger partial charge in [-0.2, -0.15) is 0 Å². The van der Waals surface area contributed by atoms with E-state index >= 15 is 0 Å². The van der Waals surface area contributed by atoms with Gasteiger partial charge in [0.1, 0.15) is 0 Å². The van der Waals surface area contributed by atoms with Gasteiger partial charge in [-0.3, -0.25) is 0 Å². The maximum absolute atomic E-state index is 9.14. The molecule has 0 amide bonds. The van der Waals surface area contributed by atoms with E-state index in [1.54, 1.807) is 11.8 Å². The maximum atomic E-state index is 9.14. The number of aliphatic hydroxyl groups excluding tert-OH is 1. The van der Waals surface area contributed by atoms with Crippen LogP contribution in [-0.2, 0) is 6.61 Å². The van der Waals surface area contributed by atoms with Gasteiger partial charge in [0.2, 0.25) is 0 Å². The van der Waals surface area contributed by atoms with E-state index in [0.717, 1.165) is 21.9 Å². The third-order valence-electron chi connectivity index (χ3n) is 2.10. The van der Waals surface area contributed by atoms with Crippen LogP contribution in [0, 0.1) is 0 Å². The quantitative estimate of drug-likeness (QED) is 0.796. The zero-order valence-electron chi connectivity index (χ0n) is 8.46. The molecule has 0 saturated carbocycles. The number of hydrogen-bond donors (Lipinski definition) is 1. The van der Waals surface area contributed by atoms with E-state index in [4.69, 9.17) is 16.7 Å². The Bertz CT molecular complexity index is 301. The lowest BCUT2D eigenvalue weighted by atomic mass is 10.2. The van der Waals surface area contributed by atoms with E-state index in [9.17, 15) is 0 Å². The summed E-state index contributed by atoms with van der Waals surface area (Å²) in [6, 6.07) is 5.62. The first-order chi connectivity index (χ1) is 6.67. The zero-order chi connectivity index (χ0) is 10.6. The molecular weight excluding hydrogens is 216 g/mol. The highest BCUT2D eigenvalue weighted by Gasteiger charge is 2.07. The molecule has 0 saturated heterocycles. The summed E-state index contributed by atoms with van der Waals surface area (Å²) in [7, 11) is 0. The van der Waals surface area contributed by atoms with Crippen LogP contribution in [0.3, 0.4) is 0 Å². The highest BCUT2D eigenvalue weighted by molar-refractivity contribution is 8.00. The molecule has 0 aliphatic rings. The number of aliphatic hydroxyl groups is 1. The van der Waals surface area contributed by atoms with Gasteiger partial charge in [0.05, 0.1) is 6.61 Å². The van der Waals surface area contributed by atoms with Crippen LogP contribution in [-0.4, -0.2) is 10.4 Å². The number of halogens is 1. The van der Waals surface area contributed by atoms with Crippen molar-refractivity contribution in [2.24, 2.45) is 0 Å². The summed E-state index contributed by atoms with van der Waals surface area (Å²) < 4.78 is 0. The lowest BCUT2D eigenvalue weighted by Gasteiger charge is -2.11. The molecule has 1 rings (SSSR count). The van der Waals surface area contributed by atoms with Crippen molar-refractivity contribution in [3.8, 4) is 0 Å². The van der Waals surface area contributed by atoms with Gasteiger partial charge < -0.3 is 5.11 Å². The molecule has 1 unspecified atom stereocenters. The van der Waals surface area contributed by atoms with Crippen LogP contribution in [0.15, 0.2) is 23.1 Å². The number of benzene rings is 1. The Balaban J connectivity index is 2.87. The molecule has 1 nitrogen and oxygen atoms in total. The molecule has 0 bridgehead atoms. The Morgan fingerprint density at radius 3 is 2.79 bits per heavy atom. The summed E-state index contributed by atoms with van der Waals surface area (Å²) in [5.74, 6) is 0. The van der Waals surface area contributed by atoms with Crippen LogP contribution in [0.4, 0.5) is 0 Å². The molecule has 1 aromatic rings. The molecule has 1 N–H and O–H groups in total. The normalized spacial score (nSPS) is 12.9. The van der Waals surface area contributed by atoms with Crippen molar-refractivity contribution in [3.63, 3.8) is 0 Å². The van der Waals surface area contributed by atoms with Crippen molar-refractivity contribution in [1.82, 2.24) is 0 Å². The molecule has 3 heteroatoms. The molecule has 0 aromatic heterocycles. The van der Waals surface area contributed by atoms with Gasteiger partial charge in [-0.1, -0.05) is 31.5 Å². The number of rotatable bonds is 4. The SMILES string of the molecule is CCC(C)Sc1cc(Cl)ccc1CO. The second kappa shape index (κ2) is 5.64. The fourth-order valence-corrected chi connectivity index (χ4v) is 2.38. The molecule has 0 spiro atoms. The van der Waals surface area contributed by atoms with Crippen molar-refractivity contribution in [3.05, 3.63) is 28.8 Å². The Labute approximate surface area is 94.5 Å². The first-order valence-corrected chi connectivity index (χ1v) is 5.99. The fraction of sp³-hybridized carbons (Fsp3) is 0.455. The van der Waals surface area contributed by atoms with Gasteiger partial charge in [0.25, 0.3) is 0 Å². The predicted molar refractivity (Wildman–Crippen MR) is 63.0 cm³/mol. The van der Waals surface area contributed by atoms with Crippen molar-refractivity contribution >= 4 is 23.4 Å². The summed E-state index contributed by atoms with van der Waals surface area (Å²) in [6.45, 7) is 4.41. The second-order valence-corrected chi connectivity index (χ2v) is 5.16. The largest absolute Gasteiger partial charge is 0.392 e. The van der Waals surface area contributed by atoms with E-state index in [1.807, 2.05) is 18.2 Å². The Morgan fingerprint density at radius 1 is 1.50 bits per heavy atom. The van der Waals surface area contributed by atoms with E-state index in [0.29, 0.717) is 5.25 Å². The summed E-state index contributed by atoms with van der Waals surface area (Å²) in [5, 5.41) is 10.4. The minimum absolute atomic E-state index is 0.0793. The van der Waals surface area contributed by atoms with Gasteiger partial charge in [-0.05, 0) is 24.1 Å². The molecule has 14 heavy (non-hydrogen) atoms. The topological polar surface area (TPSA) is 20.2 Å². The standard InChI is InChI=1S/C11H15ClOS/c1-3-8(2)14-11-6-10(12)5-4-9(11)7-13/h4-6,8,13H,3,7H2,1-2H3. The first-order valence-electron chi connectivity index (χ1n) is 4.73. The van der Waals surface area contributed by atoms with Crippen molar-refractivity contribution in [2.45, 2.75) is 37.0 Å².